The standard InChI is InChI=1S/C14H28N2O2/c1-11-7-8-15(5)10-12(9-13(17)18-6)16(11)14(2,3)4/h11-12H,7-10H2,1-6H3. The van der Waals surface area contributed by atoms with E-state index in [2.05, 4.69) is 44.5 Å². The minimum atomic E-state index is -0.114. The maximum Gasteiger partial charge on any atom is 0.307 e. The lowest BCUT2D eigenvalue weighted by Gasteiger charge is -2.44. The average molecular weight is 256 g/mol. The molecule has 0 spiro atoms. The Morgan fingerprint density at radius 3 is 2.50 bits per heavy atom. The Hall–Kier alpha value is -0.610. The van der Waals surface area contributed by atoms with Crippen molar-refractivity contribution < 1.29 is 9.53 Å². The van der Waals surface area contributed by atoms with E-state index in [9.17, 15) is 4.79 Å². The van der Waals surface area contributed by atoms with Gasteiger partial charge in [0.15, 0.2) is 0 Å². The molecule has 2 atom stereocenters. The number of hydrogen-bond acceptors (Lipinski definition) is 4. The van der Waals surface area contributed by atoms with Crippen molar-refractivity contribution in [3.8, 4) is 0 Å². The summed E-state index contributed by atoms with van der Waals surface area (Å²) < 4.78 is 4.84. The monoisotopic (exact) mass is 256 g/mol. The third-order valence-electron chi connectivity index (χ3n) is 3.72. The lowest BCUT2D eigenvalue weighted by atomic mass is 9.97. The molecule has 1 aliphatic heterocycles. The zero-order chi connectivity index (χ0) is 13.9. The number of methoxy groups -OCH3 is 1. The van der Waals surface area contributed by atoms with Gasteiger partial charge in [0.25, 0.3) is 0 Å². The minimum Gasteiger partial charge on any atom is -0.469 e. The smallest absolute Gasteiger partial charge is 0.307 e. The fraction of sp³-hybridized carbons (Fsp3) is 0.929. The molecular formula is C14H28N2O2. The lowest BCUT2D eigenvalue weighted by molar-refractivity contribution is -0.143. The van der Waals surface area contributed by atoms with Gasteiger partial charge in [-0.15, -0.1) is 0 Å². The van der Waals surface area contributed by atoms with Crippen molar-refractivity contribution in [2.24, 2.45) is 0 Å². The molecule has 0 N–H and O–H groups in total. The molecule has 1 rings (SSSR count). The average Bonchev–Trinajstić information content (AvgIpc) is 2.37. The molecule has 0 aromatic carbocycles. The van der Waals surface area contributed by atoms with E-state index in [4.69, 9.17) is 4.74 Å². The van der Waals surface area contributed by atoms with E-state index in [1.54, 1.807) is 0 Å². The topological polar surface area (TPSA) is 32.8 Å². The zero-order valence-corrected chi connectivity index (χ0v) is 12.7. The van der Waals surface area contributed by atoms with Crippen molar-refractivity contribution >= 4 is 5.97 Å². The molecular weight excluding hydrogens is 228 g/mol. The van der Waals surface area contributed by atoms with Crippen molar-refractivity contribution in [3.63, 3.8) is 0 Å². The summed E-state index contributed by atoms with van der Waals surface area (Å²) in [7, 11) is 3.59. The van der Waals surface area contributed by atoms with Gasteiger partial charge in [-0.1, -0.05) is 0 Å². The van der Waals surface area contributed by atoms with Crippen LogP contribution in [0.25, 0.3) is 0 Å². The molecule has 0 aliphatic carbocycles. The predicted molar refractivity (Wildman–Crippen MR) is 73.6 cm³/mol. The van der Waals surface area contributed by atoms with Crippen molar-refractivity contribution in [2.45, 2.75) is 58.2 Å². The van der Waals surface area contributed by atoms with Crippen LogP contribution in [0.3, 0.4) is 0 Å². The molecule has 0 amide bonds. The second-order valence-electron chi connectivity index (χ2n) is 6.41. The highest BCUT2D eigenvalue weighted by Gasteiger charge is 2.36. The van der Waals surface area contributed by atoms with Crippen LogP contribution in [0.2, 0.25) is 0 Å². The van der Waals surface area contributed by atoms with Crippen molar-refractivity contribution in [1.29, 1.82) is 0 Å². The quantitative estimate of drug-likeness (QED) is 0.705. The summed E-state index contributed by atoms with van der Waals surface area (Å²) in [6, 6.07) is 0.726. The van der Waals surface area contributed by atoms with Crippen molar-refractivity contribution in [1.82, 2.24) is 9.80 Å². The number of ether oxygens (including phenoxy) is 1. The Balaban J connectivity index is 2.91. The first-order valence-electron chi connectivity index (χ1n) is 6.79. The molecule has 4 heteroatoms. The van der Waals surface area contributed by atoms with Gasteiger partial charge in [0.2, 0.25) is 0 Å². The SMILES string of the molecule is COC(=O)CC1CN(C)CCC(C)N1C(C)(C)C. The minimum absolute atomic E-state index is 0.0727. The molecule has 1 fully saturated rings. The molecule has 0 radical (unpaired) electrons. The van der Waals surface area contributed by atoms with Gasteiger partial charge in [0.05, 0.1) is 13.5 Å². The molecule has 4 nitrogen and oxygen atoms in total. The predicted octanol–water partition coefficient (Wildman–Crippen LogP) is 1.74. The van der Waals surface area contributed by atoms with Crippen molar-refractivity contribution in [2.75, 3.05) is 27.2 Å². The molecule has 106 valence electrons. The first-order valence-corrected chi connectivity index (χ1v) is 6.79. The van der Waals surface area contributed by atoms with Gasteiger partial charge in [-0.25, -0.2) is 0 Å². The summed E-state index contributed by atoms with van der Waals surface area (Å²) in [5, 5.41) is 0. The molecule has 1 heterocycles. The number of carbonyl (C=O) groups excluding carboxylic acids is 1. The van der Waals surface area contributed by atoms with Gasteiger partial charge in [0.1, 0.15) is 0 Å². The van der Waals surface area contributed by atoms with E-state index < -0.39 is 0 Å². The Morgan fingerprint density at radius 2 is 2.00 bits per heavy atom. The molecule has 0 bridgehead atoms. The first kappa shape index (κ1) is 15.4. The van der Waals surface area contributed by atoms with E-state index in [-0.39, 0.29) is 17.6 Å². The third-order valence-corrected chi connectivity index (χ3v) is 3.72. The number of esters is 1. The van der Waals surface area contributed by atoms with Crippen LogP contribution in [0.15, 0.2) is 0 Å². The summed E-state index contributed by atoms with van der Waals surface area (Å²) in [5.41, 5.74) is 0.0727. The summed E-state index contributed by atoms with van der Waals surface area (Å²) in [4.78, 5) is 16.4. The van der Waals surface area contributed by atoms with E-state index in [0.29, 0.717) is 12.5 Å². The molecule has 0 aromatic heterocycles. The Kier molecular flexibility index (Phi) is 5.17. The van der Waals surface area contributed by atoms with Gasteiger partial charge >= 0.3 is 5.97 Å². The van der Waals surface area contributed by atoms with Crippen molar-refractivity contribution in [3.05, 3.63) is 0 Å². The third kappa shape index (κ3) is 3.95. The van der Waals surface area contributed by atoms with E-state index in [1.807, 2.05) is 0 Å². The summed E-state index contributed by atoms with van der Waals surface area (Å²) in [6.45, 7) is 10.9. The first-order chi connectivity index (χ1) is 8.25. The van der Waals surface area contributed by atoms with E-state index in [0.717, 1.165) is 19.5 Å². The fourth-order valence-corrected chi connectivity index (χ4v) is 3.09. The Bertz CT molecular complexity index is 286. The second kappa shape index (κ2) is 6.02. The summed E-state index contributed by atoms with van der Waals surface area (Å²) in [5.74, 6) is -0.114. The van der Waals surface area contributed by atoms with Gasteiger partial charge < -0.3 is 9.64 Å². The molecule has 1 saturated heterocycles. The Morgan fingerprint density at radius 1 is 1.39 bits per heavy atom. The molecule has 0 saturated carbocycles. The largest absolute Gasteiger partial charge is 0.469 e. The van der Waals surface area contributed by atoms with Gasteiger partial charge in [-0.3, -0.25) is 9.69 Å². The van der Waals surface area contributed by atoms with Crippen LogP contribution in [0.1, 0.15) is 40.5 Å². The normalized spacial score (nSPS) is 27.9. The molecule has 18 heavy (non-hydrogen) atoms. The fourth-order valence-electron chi connectivity index (χ4n) is 3.09. The zero-order valence-electron chi connectivity index (χ0n) is 12.7. The molecule has 0 aromatic rings. The van der Waals surface area contributed by atoms with Gasteiger partial charge in [-0.2, -0.15) is 0 Å². The van der Waals surface area contributed by atoms with Crippen LogP contribution in [0.4, 0.5) is 0 Å². The summed E-state index contributed by atoms with van der Waals surface area (Å²) >= 11 is 0. The molecule has 2 unspecified atom stereocenters. The maximum atomic E-state index is 11.6. The second-order valence-corrected chi connectivity index (χ2v) is 6.41. The highest BCUT2D eigenvalue weighted by molar-refractivity contribution is 5.70. The van der Waals surface area contributed by atoms with E-state index >= 15 is 0 Å². The van der Waals surface area contributed by atoms with Crippen LogP contribution in [-0.2, 0) is 9.53 Å². The van der Waals surface area contributed by atoms with Gasteiger partial charge in [0, 0.05) is 24.2 Å². The number of carbonyl (C=O) groups is 1. The van der Waals surface area contributed by atoms with Crippen LogP contribution < -0.4 is 0 Å². The van der Waals surface area contributed by atoms with Crippen LogP contribution in [0.5, 0.6) is 0 Å². The highest BCUT2D eigenvalue weighted by atomic mass is 16.5. The number of likely N-dealkylation sites (N-methyl/N-ethyl adjacent to an activating group) is 1. The highest BCUT2D eigenvalue weighted by Crippen LogP contribution is 2.27. The number of hydrogen-bond donors (Lipinski definition) is 0. The maximum absolute atomic E-state index is 11.6. The molecule has 1 aliphatic rings. The Labute approximate surface area is 111 Å². The van der Waals surface area contributed by atoms with Crippen LogP contribution >= 0.6 is 0 Å². The van der Waals surface area contributed by atoms with Crippen LogP contribution in [0, 0.1) is 0 Å². The van der Waals surface area contributed by atoms with Crippen LogP contribution in [-0.4, -0.2) is 60.6 Å². The number of nitrogens with zero attached hydrogens (tertiary/aromatic N) is 2. The number of rotatable bonds is 2. The van der Waals surface area contributed by atoms with Gasteiger partial charge in [-0.05, 0) is 47.7 Å². The van der Waals surface area contributed by atoms with E-state index in [1.165, 1.54) is 7.11 Å². The lowest BCUT2D eigenvalue weighted by Crippen LogP contribution is -2.54. The summed E-state index contributed by atoms with van der Waals surface area (Å²) in [6.07, 6.45) is 1.62.